The number of halogens is 1. The van der Waals surface area contributed by atoms with E-state index in [0.717, 1.165) is 81.2 Å². The SMILES string of the molecule is C[C@@H]1C[C@@H](O)c2ncnc(N3CCN(C(NC4(C)CCOCC4)C(C=O)c4ccc(Cl)cc4)CC3)c21. The van der Waals surface area contributed by atoms with Crippen LogP contribution in [-0.2, 0) is 9.53 Å². The Morgan fingerprint density at radius 3 is 2.53 bits per heavy atom. The number of nitrogens with one attached hydrogen (secondary N) is 1. The largest absolute Gasteiger partial charge is 0.387 e. The van der Waals surface area contributed by atoms with Crippen LogP contribution in [-0.4, -0.2) is 77.4 Å². The lowest BCUT2D eigenvalue weighted by atomic mass is 9.88. The summed E-state index contributed by atoms with van der Waals surface area (Å²) in [6, 6.07) is 7.61. The Morgan fingerprint density at radius 1 is 1.17 bits per heavy atom. The van der Waals surface area contributed by atoms with Gasteiger partial charge in [-0.25, -0.2) is 9.97 Å². The van der Waals surface area contributed by atoms with E-state index in [-0.39, 0.29) is 23.5 Å². The molecule has 194 valence electrons. The van der Waals surface area contributed by atoms with E-state index in [1.165, 1.54) is 0 Å². The monoisotopic (exact) mass is 513 g/mol. The molecular weight excluding hydrogens is 478 g/mol. The van der Waals surface area contributed by atoms with Crippen LogP contribution in [0.15, 0.2) is 30.6 Å². The number of aldehydes is 1. The third-order valence-corrected chi connectivity index (χ3v) is 8.37. The first-order valence-electron chi connectivity index (χ1n) is 13.0. The minimum Gasteiger partial charge on any atom is -0.387 e. The molecule has 2 aromatic rings. The zero-order chi connectivity index (χ0) is 25.3. The quantitative estimate of drug-likeness (QED) is 0.545. The summed E-state index contributed by atoms with van der Waals surface area (Å²) < 4.78 is 5.62. The molecule has 2 aliphatic heterocycles. The molecule has 0 amide bonds. The van der Waals surface area contributed by atoms with E-state index in [1.54, 1.807) is 6.33 Å². The summed E-state index contributed by atoms with van der Waals surface area (Å²) in [6.07, 6.45) is 4.48. The molecule has 5 rings (SSSR count). The highest BCUT2D eigenvalue weighted by Gasteiger charge is 2.39. The molecule has 8 nitrogen and oxygen atoms in total. The number of aromatic nitrogens is 2. The van der Waals surface area contributed by atoms with Crippen LogP contribution in [0.3, 0.4) is 0 Å². The minimum atomic E-state index is -0.514. The Bertz CT molecular complexity index is 1050. The maximum absolute atomic E-state index is 12.5. The molecule has 2 unspecified atom stereocenters. The molecule has 0 spiro atoms. The smallest absolute Gasteiger partial charge is 0.135 e. The molecule has 3 aliphatic rings. The van der Waals surface area contributed by atoms with E-state index in [9.17, 15) is 9.90 Å². The third kappa shape index (κ3) is 5.15. The topological polar surface area (TPSA) is 90.8 Å². The molecule has 4 atom stereocenters. The number of piperazine rings is 1. The summed E-state index contributed by atoms with van der Waals surface area (Å²) >= 11 is 6.14. The van der Waals surface area contributed by atoms with Crippen molar-refractivity contribution in [3.05, 3.63) is 52.4 Å². The Balaban J connectivity index is 1.37. The van der Waals surface area contributed by atoms with Crippen molar-refractivity contribution in [2.75, 3.05) is 44.3 Å². The predicted octanol–water partition coefficient (Wildman–Crippen LogP) is 3.26. The number of carbonyl (C=O) groups excluding carboxylic acids is 1. The zero-order valence-corrected chi connectivity index (χ0v) is 21.8. The van der Waals surface area contributed by atoms with Gasteiger partial charge in [0, 0.05) is 55.5 Å². The van der Waals surface area contributed by atoms with Gasteiger partial charge in [0.1, 0.15) is 18.4 Å². The number of aliphatic hydroxyl groups is 1. The van der Waals surface area contributed by atoms with Crippen molar-refractivity contribution in [3.8, 4) is 0 Å². The van der Waals surface area contributed by atoms with Gasteiger partial charge in [-0.1, -0.05) is 30.7 Å². The van der Waals surface area contributed by atoms with E-state index in [2.05, 4.69) is 38.9 Å². The number of ether oxygens (including phenoxy) is 1. The van der Waals surface area contributed by atoms with Gasteiger partial charge in [0.15, 0.2) is 0 Å². The van der Waals surface area contributed by atoms with Crippen LogP contribution in [0.2, 0.25) is 5.02 Å². The number of hydrogen-bond acceptors (Lipinski definition) is 8. The molecule has 2 N–H and O–H groups in total. The number of fused-ring (bicyclic) bond motifs is 1. The fraction of sp³-hybridized carbons (Fsp3) is 0.593. The van der Waals surface area contributed by atoms with Gasteiger partial charge in [-0.2, -0.15) is 0 Å². The maximum Gasteiger partial charge on any atom is 0.135 e. The molecule has 0 saturated carbocycles. The zero-order valence-electron chi connectivity index (χ0n) is 21.1. The van der Waals surface area contributed by atoms with E-state index in [1.807, 2.05) is 24.3 Å². The minimum absolute atomic E-state index is 0.104. The first kappa shape index (κ1) is 25.5. The Morgan fingerprint density at radius 2 is 1.86 bits per heavy atom. The number of rotatable bonds is 7. The Kier molecular flexibility index (Phi) is 7.60. The van der Waals surface area contributed by atoms with Gasteiger partial charge < -0.3 is 19.5 Å². The van der Waals surface area contributed by atoms with Gasteiger partial charge in [-0.3, -0.25) is 10.2 Å². The van der Waals surface area contributed by atoms with E-state index in [4.69, 9.17) is 16.3 Å². The van der Waals surface area contributed by atoms with Crippen LogP contribution in [0.25, 0.3) is 0 Å². The fourth-order valence-corrected chi connectivity index (χ4v) is 6.04. The number of carbonyl (C=O) groups is 1. The molecule has 1 aliphatic carbocycles. The summed E-state index contributed by atoms with van der Waals surface area (Å²) in [7, 11) is 0. The summed E-state index contributed by atoms with van der Waals surface area (Å²) in [5.41, 5.74) is 2.70. The van der Waals surface area contributed by atoms with Crippen LogP contribution in [0.4, 0.5) is 5.82 Å². The van der Waals surface area contributed by atoms with Gasteiger partial charge in [0.05, 0.1) is 23.9 Å². The summed E-state index contributed by atoms with van der Waals surface area (Å²) in [5.74, 6) is 0.845. The molecule has 1 aromatic heterocycles. The van der Waals surface area contributed by atoms with Crippen molar-refractivity contribution in [3.63, 3.8) is 0 Å². The first-order valence-corrected chi connectivity index (χ1v) is 13.3. The molecular formula is C27H36ClN5O3. The van der Waals surface area contributed by atoms with Crippen molar-refractivity contribution in [1.29, 1.82) is 0 Å². The second-order valence-corrected chi connectivity index (χ2v) is 11.1. The number of hydrogen-bond donors (Lipinski definition) is 2. The van der Waals surface area contributed by atoms with Crippen LogP contribution in [0, 0.1) is 0 Å². The molecule has 0 radical (unpaired) electrons. The van der Waals surface area contributed by atoms with Crippen molar-refractivity contribution < 1.29 is 14.6 Å². The van der Waals surface area contributed by atoms with Crippen molar-refractivity contribution >= 4 is 23.7 Å². The summed E-state index contributed by atoms with van der Waals surface area (Å²) in [4.78, 5) is 26.2. The highest BCUT2D eigenvalue weighted by Crippen LogP contribution is 2.43. The highest BCUT2D eigenvalue weighted by molar-refractivity contribution is 6.30. The molecule has 2 saturated heterocycles. The van der Waals surface area contributed by atoms with Gasteiger partial charge in [0.2, 0.25) is 0 Å². The lowest BCUT2D eigenvalue weighted by molar-refractivity contribution is -0.111. The normalized spacial score (nSPS) is 25.8. The second-order valence-electron chi connectivity index (χ2n) is 10.6. The predicted molar refractivity (Wildman–Crippen MR) is 139 cm³/mol. The van der Waals surface area contributed by atoms with E-state index in [0.29, 0.717) is 11.4 Å². The summed E-state index contributed by atoms with van der Waals surface area (Å²) in [6.45, 7) is 8.97. The summed E-state index contributed by atoms with van der Waals surface area (Å²) in [5, 5.41) is 14.9. The number of nitrogens with zero attached hydrogens (tertiary/aromatic N) is 4. The number of anilines is 1. The van der Waals surface area contributed by atoms with Crippen LogP contribution in [0.1, 0.15) is 67.9 Å². The van der Waals surface area contributed by atoms with Gasteiger partial charge in [-0.05, 0) is 49.8 Å². The van der Waals surface area contributed by atoms with E-state index >= 15 is 0 Å². The second kappa shape index (κ2) is 10.7. The standard InChI is InChI=1S/C27H36ClN5O3/c1-18-15-22(35)24-23(18)26(30-17-29-24)33-11-9-32(10-12-33)25(31-27(2)7-13-36-14-8-27)21(16-34)19-3-5-20(28)6-4-19/h3-6,16-18,21-22,25,31,35H,7-15H2,1-2H3/t18-,21?,22-,25?/m1/s1. The first-order chi connectivity index (χ1) is 17.4. The van der Waals surface area contributed by atoms with Crippen LogP contribution in [0.5, 0.6) is 0 Å². The molecule has 3 heterocycles. The average Bonchev–Trinajstić information content (AvgIpc) is 3.19. The van der Waals surface area contributed by atoms with Crippen molar-refractivity contribution in [2.45, 2.75) is 62.8 Å². The van der Waals surface area contributed by atoms with Crippen LogP contribution >= 0.6 is 11.6 Å². The lowest BCUT2D eigenvalue weighted by Gasteiger charge is -2.47. The Hall–Kier alpha value is -2.10. The maximum atomic E-state index is 12.5. The van der Waals surface area contributed by atoms with Gasteiger partial charge in [0.25, 0.3) is 0 Å². The number of benzene rings is 1. The van der Waals surface area contributed by atoms with Crippen LogP contribution < -0.4 is 10.2 Å². The Labute approximate surface area is 218 Å². The molecule has 9 heteroatoms. The van der Waals surface area contributed by atoms with Gasteiger partial charge >= 0.3 is 0 Å². The number of aliphatic hydroxyl groups excluding tert-OH is 1. The lowest BCUT2D eigenvalue weighted by Crippen LogP contribution is -2.63. The van der Waals surface area contributed by atoms with Crippen molar-refractivity contribution in [1.82, 2.24) is 20.2 Å². The molecule has 1 aromatic carbocycles. The van der Waals surface area contributed by atoms with Crippen molar-refractivity contribution in [2.24, 2.45) is 0 Å². The van der Waals surface area contributed by atoms with Gasteiger partial charge in [-0.15, -0.1) is 0 Å². The molecule has 0 bridgehead atoms. The van der Waals surface area contributed by atoms with E-state index < -0.39 is 6.10 Å². The highest BCUT2D eigenvalue weighted by atomic mass is 35.5. The fourth-order valence-electron chi connectivity index (χ4n) is 5.92. The molecule has 2 fully saturated rings. The molecule has 36 heavy (non-hydrogen) atoms. The third-order valence-electron chi connectivity index (χ3n) is 8.12. The average molecular weight is 514 g/mol.